The number of aromatic nitrogens is 1. The number of hydrogen-bond donors (Lipinski definition) is 2. The highest BCUT2D eigenvalue weighted by Gasteiger charge is 2.16. The molecule has 0 aliphatic heterocycles. The second kappa shape index (κ2) is 11.5. The molecule has 0 radical (unpaired) electrons. The molecule has 168 valence electrons. The summed E-state index contributed by atoms with van der Waals surface area (Å²) < 4.78 is 19.9. The molecule has 31 heavy (non-hydrogen) atoms. The molecule has 8 heteroatoms. The molecule has 0 fully saturated rings. The lowest BCUT2D eigenvalue weighted by molar-refractivity contribution is 0.154. The Bertz CT molecular complexity index is 964. The van der Waals surface area contributed by atoms with Crippen LogP contribution in [0, 0.1) is 12.7 Å². The van der Waals surface area contributed by atoms with Gasteiger partial charge < -0.3 is 15.2 Å². The first-order valence-corrected chi connectivity index (χ1v) is 11.2. The lowest BCUT2D eigenvalue weighted by atomic mass is 10.2. The summed E-state index contributed by atoms with van der Waals surface area (Å²) in [5.74, 6) is 0.274. The molecule has 5 nitrogen and oxygen atoms in total. The Kier molecular flexibility index (Phi) is 9.34. The molecule has 0 aliphatic rings. The Balaban J connectivity index is 2.21. The maximum Gasteiger partial charge on any atom is 0.165 e. The van der Waals surface area contributed by atoms with E-state index in [9.17, 15) is 9.50 Å². The van der Waals surface area contributed by atoms with Gasteiger partial charge in [0.2, 0.25) is 0 Å². The third kappa shape index (κ3) is 7.52. The van der Waals surface area contributed by atoms with Crippen LogP contribution in [0.4, 0.5) is 10.2 Å². The van der Waals surface area contributed by atoms with E-state index in [0.29, 0.717) is 21.9 Å². The molecular formula is C23H29ClFN3O2S. The van der Waals surface area contributed by atoms with Crippen LogP contribution in [-0.2, 0) is 0 Å². The quantitative estimate of drug-likeness (QED) is 0.354. The topological polar surface area (TPSA) is 66.7 Å². The first-order chi connectivity index (χ1) is 14.6. The molecule has 0 amide bonds. The largest absolute Gasteiger partial charge is 0.490 e. The van der Waals surface area contributed by atoms with Crippen LogP contribution >= 0.6 is 23.4 Å². The number of rotatable bonds is 9. The third-order valence-electron chi connectivity index (χ3n) is 4.18. The van der Waals surface area contributed by atoms with E-state index in [4.69, 9.17) is 16.3 Å². The SMILES string of the molecule is C=C(SC(=NC)c1cc(C)nc(NC(C)C)c1)c1cc(F)c(OCCC(C)O)cc1Cl. The van der Waals surface area contributed by atoms with E-state index >= 15 is 0 Å². The predicted octanol–water partition coefficient (Wildman–Crippen LogP) is 5.93. The Morgan fingerprint density at radius 1 is 1.32 bits per heavy atom. The number of aliphatic imine (C=N–C) groups is 1. The number of thioether (sulfide) groups is 1. The van der Waals surface area contributed by atoms with E-state index in [0.717, 1.165) is 22.1 Å². The van der Waals surface area contributed by atoms with Gasteiger partial charge in [0, 0.05) is 47.3 Å². The monoisotopic (exact) mass is 465 g/mol. The van der Waals surface area contributed by atoms with Crippen LogP contribution in [-0.4, -0.2) is 40.9 Å². The van der Waals surface area contributed by atoms with Gasteiger partial charge in [-0.1, -0.05) is 29.9 Å². The summed E-state index contributed by atoms with van der Waals surface area (Å²) in [5, 5.41) is 13.7. The minimum Gasteiger partial charge on any atom is -0.490 e. The fraction of sp³-hybridized carbons (Fsp3) is 0.391. The molecule has 1 heterocycles. The number of aliphatic hydroxyl groups is 1. The minimum absolute atomic E-state index is 0.0470. The summed E-state index contributed by atoms with van der Waals surface area (Å²) in [4.78, 5) is 9.45. The molecule has 2 rings (SSSR count). The molecule has 0 saturated heterocycles. The maximum absolute atomic E-state index is 14.5. The van der Waals surface area contributed by atoms with Gasteiger partial charge in [-0.15, -0.1) is 0 Å². The Morgan fingerprint density at radius 3 is 2.65 bits per heavy atom. The van der Waals surface area contributed by atoms with Crippen molar-refractivity contribution in [2.75, 3.05) is 19.0 Å². The molecule has 1 aromatic heterocycles. The van der Waals surface area contributed by atoms with E-state index in [2.05, 4.69) is 21.9 Å². The normalized spacial score (nSPS) is 12.7. The van der Waals surface area contributed by atoms with Crippen molar-refractivity contribution < 1.29 is 14.2 Å². The van der Waals surface area contributed by atoms with Gasteiger partial charge in [0.25, 0.3) is 0 Å². The number of benzene rings is 1. The third-order valence-corrected chi connectivity index (χ3v) is 5.57. The van der Waals surface area contributed by atoms with E-state index < -0.39 is 11.9 Å². The zero-order valence-electron chi connectivity index (χ0n) is 18.5. The fourth-order valence-electron chi connectivity index (χ4n) is 2.76. The van der Waals surface area contributed by atoms with Crippen LogP contribution in [0.25, 0.3) is 4.91 Å². The summed E-state index contributed by atoms with van der Waals surface area (Å²) in [6.45, 7) is 11.9. The van der Waals surface area contributed by atoms with Crippen LogP contribution in [0.1, 0.15) is 44.0 Å². The zero-order chi connectivity index (χ0) is 23.1. The van der Waals surface area contributed by atoms with Crippen LogP contribution < -0.4 is 10.1 Å². The van der Waals surface area contributed by atoms with E-state index in [1.807, 2.05) is 32.9 Å². The van der Waals surface area contributed by atoms with Crippen LogP contribution in [0.2, 0.25) is 5.02 Å². The smallest absolute Gasteiger partial charge is 0.165 e. The molecule has 1 aromatic carbocycles. The van der Waals surface area contributed by atoms with E-state index in [-0.39, 0.29) is 18.4 Å². The number of aliphatic hydroxyl groups excluding tert-OH is 1. The first-order valence-electron chi connectivity index (χ1n) is 10.00. The fourth-order valence-corrected chi connectivity index (χ4v) is 3.92. The number of halogens is 2. The number of nitrogens with one attached hydrogen (secondary N) is 1. The van der Waals surface area contributed by atoms with Gasteiger partial charge in [0.05, 0.1) is 17.7 Å². The summed E-state index contributed by atoms with van der Waals surface area (Å²) in [6, 6.07) is 6.86. The first kappa shape index (κ1) is 25.2. The molecule has 0 spiro atoms. The zero-order valence-corrected chi connectivity index (χ0v) is 20.1. The number of aryl methyl sites for hydroxylation is 1. The molecule has 1 atom stereocenters. The molecule has 2 N–H and O–H groups in total. The average molecular weight is 466 g/mol. The predicted molar refractivity (Wildman–Crippen MR) is 130 cm³/mol. The van der Waals surface area contributed by atoms with Crippen molar-refractivity contribution in [3.63, 3.8) is 0 Å². The highest BCUT2D eigenvalue weighted by atomic mass is 35.5. The standard InChI is InChI=1S/C23H29ClFN3O2S/c1-13(2)27-22-10-17(9-14(3)28-22)23(26-6)31-16(5)18-11-20(25)21(12-19(18)24)30-8-7-15(4)29/h9-13,15,29H,5,7-8H2,1-4,6H3,(H,27,28). The van der Waals surface area contributed by atoms with Gasteiger partial charge >= 0.3 is 0 Å². The number of nitrogens with zero attached hydrogens (tertiary/aromatic N) is 2. The molecule has 0 aliphatic carbocycles. The highest BCUT2D eigenvalue weighted by Crippen LogP contribution is 2.37. The number of hydrogen-bond acceptors (Lipinski definition) is 6. The van der Waals surface area contributed by atoms with Gasteiger partial charge in [-0.25, -0.2) is 9.37 Å². The van der Waals surface area contributed by atoms with Gasteiger partial charge in [0.15, 0.2) is 11.6 Å². The van der Waals surface area contributed by atoms with Crippen LogP contribution in [0.5, 0.6) is 5.75 Å². The summed E-state index contributed by atoms with van der Waals surface area (Å²) in [5.41, 5.74) is 2.22. The van der Waals surface area contributed by atoms with Crippen molar-refractivity contribution in [1.29, 1.82) is 0 Å². The second-order valence-corrected chi connectivity index (χ2v) is 8.97. The molecule has 2 aromatic rings. The van der Waals surface area contributed by atoms with E-state index in [1.165, 1.54) is 23.9 Å². The van der Waals surface area contributed by atoms with Gasteiger partial charge in [-0.05, 0) is 45.9 Å². The van der Waals surface area contributed by atoms with Crippen molar-refractivity contribution in [2.45, 2.75) is 46.3 Å². The van der Waals surface area contributed by atoms with Crippen molar-refractivity contribution in [2.24, 2.45) is 4.99 Å². The highest BCUT2D eigenvalue weighted by molar-refractivity contribution is 8.22. The number of ether oxygens (including phenoxy) is 1. The van der Waals surface area contributed by atoms with Crippen molar-refractivity contribution in [3.05, 3.63) is 58.5 Å². The lowest BCUT2D eigenvalue weighted by Gasteiger charge is -2.15. The van der Waals surface area contributed by atoms with Crippen molar-refractivity contribution in [3.8, 4) is 5.75 Å². The Hall–Kier alpha value is -2.09. The van der Waals surface area contributed by atoms with Crippen molar-refractivity contribution >= 4 is 39.1 Å². The second-order valence-electron chi connectivity index (χ2n) is 7.48. The van der Waals surface area contributed by atoms with Crippen LogP contribution in [0.15, 0.2) is 35.8 Å². The summed E-state index contributed by atoms with van der Waals surface area (Å²) in [6.07, 6.45) is -0.120. The summed E-state index contributed by atoms with van der Waals surface area (Å²) >= 11 is 7.70. The lowest BCUT2D eigenvalue weighted by Crippen LogP contribution is -2.12. The molecule has 0 bridgehead atoms. The Morgan fingerprint density at radius 2 is 2.03 bits per heavy atom. The van der Waals surface area contributed by atoms with Gasteiger partial charge in [0.1, 0.15) is 10.9 Å². The summed E-state index contributed by atoms with van der Waals surface area (Å²) in [7, 11) is 1.70. The van der Waals surface area contributed by atoms with Crippen LogP contribution in [0.3, 0.4) is 0 Å². The molecular weight excluding hydrogens is 437 g/mol. The Labute approximate surface area is 192 Å². The van der Waals surface area contributed by atoms with Gasteiger partial charge in [-0.2, -0.15) is 0 Å². The number of pyridine rings is 1. The number of anilines is 1. The maximum atomic E-state index is 14.5. The van der Waals surface area contributed by atoms with Gasteiger partial charge in [-0.3, -0.25) is 4.99 Å². The molecule has 1 unspecified atom stereocenters. The van der Waals surface area contributed by atoms with E-state index in [1.54, 1.807) is 14.0 Å². The average Bonchev–Trinajstić information content (AvgIpc) is 2.66. The minimum atomic E-state index is -0.537. The molecule has 0 saturated carbocycles. The van der Waals surface area contributed by atoms with Crippen molar-refractivity contribution in [1.82, 2.24) is 4.98 Å².